The summed E-state index contributed by atoms with van der Waals surface area (Å²) in [5.41, 5.74) is 0.558. The van der Waals surface area contributed by atoms with Crippen LogP contribution in [0, 0.1) is 5.92 Å². The van der Waals surface area contributed by atoms with E-state index in [9.17, 15) is 18.0 Å². The van der Waals surface area contributed by atoms with Crippen LogP contribution in [0.5, 0.6) is 0 Å². The van der Waals surface area contributed by atoms with Gasteiger partial charge in [0.15, 0.2) is 9.84 Å². The highest BCUT2D eigenvalue weighted by Crippen LogP contribution is 2.35. The lowest BCUT2D eigenvalue weighted by molar-refractivity contribution is -0.137. The van der Waals surface area contributed by atoms with Crippen molar-refractivity contribution in [3.63, 3.8) is 0 Å². The van der Waals surface area contributed by atoms with Crippen LogP contribution in [0.4, 0.5) is 0 Å². The molecule has 7 heteroatoms. The minimum Gasteiger partial charge on any atom is -0.335 e. The Morgan fingerprint density at radius 1 is 0.917 bits per heavy atom. The lowest BCUT2D eigenvalue weighted by Crippen LogP contribution is -2.62. The lowest BCUT2D eigenvalue weighted by Gasteiger charge is -2.44. The number of amides is 2. The van der Waals surface area contributed by atoms with Gasteiger partial charge in [-0.15, -0.1) is 0 Å². The fourth-order valence-electron chi connectivity index (χ4n) is 3.79. The first-order chi connectivity index (χ1) is 11.5. The van der Waals surface area contributed by atoms with Crippen LogP contribution in [0.15, 0.2) is 30.3 Å². The number of nitrogens with zero attached hydrogens (tertiary/aromatic N) is 2. The average molecular weight is 348 g/mol. The monoisotopic (exact) mass is 348 g/mol. The van der Waals surface area contributed by atoms with Gasteiger partial charge in [0.25, 0.3) is 5.91 Å². The first kappa shape index (κ1) is 15.6. The highest BCUT2D eigenvalue weighted by molar-refractivity contribution is 7.91. The zero-order valence-electron chi connectivity index (χ0n) is 13.3. The zero-order valence-corrected chi connectivity index (χ0v) is 14.1. The molecule has 0 aromatic heterocycles. The second-order valence-electron chi connectivity index (χ2n) is 6.88. The van der Waals surface area contributed by atoms with E-state index in [1.165, 1.54) is 0 Å². The van der Waals surface area contributed by atoms with Crippen molar-refractivity contribution in [2.75, 3.05) is 24.6 Å². The summed E-state index contributed by atoms with van der Waals surface area (Å²) in [6, 6.07) is 8.08. The molecule has 3 aliphatic rings. The van der Waals surface area contributed by atoms with Crippen molar-refractivity contribution < 1.29 is 18.0 Å². The van der Waals surface area contributed by atoms with Crippen LogP contribution in [0.25, 0.3) is 0 Å². The molecule has 2 heterocycles. The van der Waals surface area contributed by atoms with Gasteiger partial charge in [-0.3, -0.25) is 9.59 Å². The molecule has 3 fully saturated rings. The van der Waals surface area contributed by atoms with E-state index in [4.69, 9.17) is 0 Å². The molecule has 0 N–H and O–H groups in total. The molecule has 6 nitrogen and oxygen atoms in total. The van der Waals surface area contributed by atoms with E-state index < -0.39 is 21.9 Å². The molecular formula is C17H20N2O4S. The Hall–Kier alpha value is -1.89. The standard InChI is InChI=1S/C17H20N2O4S/c20-16(12-4-2-1-3-5-12)18-8-9-19(17(21)13-6-7-13)15-11-24(22,23)10-14(15)18/h1-5,13-15H,6-11H2/t14-,15+/m0/s1. The number of carbonyl (C=O) groups excluding carboxylic acids is 2. The third-order valence-corrected chi connectivity index (χ3v) is 6.87. The Morgan fingerprint density at radius 3 is 2.12 bits per heavy atom. The molecule has 24 heavy (non-hydrogen) atoms. The molecule has 0 unspecified atom stereocenters. The number of carbonyl (C=O) groups is 2. The number of fused-ring (bicyclic) bond motifs is 1. The molecule has 2 atom stereocenters. The van der Waals surface area contributed by atoms with E-state index >= 15 is 0 Å². The molecule has 1 aliphatic carbocycles. The summed E-state index contributed by atoms with van der Waals surface area (Å²) >= 11 is 0. The predicted octanol–water partition coefficient (Wildman–Crippen LogP) is 0.547. The second kappa shape index (κ2) is 5.58. The Balaban J connectivity index is 1.62. The van der Waals surface area contributed by atoms with Crippen LogP contribution in [0.1, 0.15) is 23.2 Å². The molecule has 0 radical (unpaired) electrons. The van der Waals surface area contributed by atoms with Gasteiger partial charge in [-0.25, -0.2) is 8.42 Å². The number of sulfone groups is 1. The zero-order chi connectivity index (χ0) is 16.9. The number of piperazine rings is 1. The van der Waals surface area contributed by atoms with Crippen molar-refractivity contribution in [1.82, 2.24) is 9.80 Å². The number of rotatable bonds is 2. The van der Waals surface area contributed by atoms with Crippen LogP contribution < -0.4 is 0 Å². The van der Waals surface area contributed by atoms with Crippen LogP contribution >= 0.6 is 0 Å². The maximum atomic E-state index is 12.8. The minimum atomic E-state index is -3.24. The number of benzene rings is 1. The number of hydrogen-bond donors (Lipinski definition) is 0. The summed E-state index contributed by atoms with van der Waals surface area (Å²) in [6.07, 6.45) is 1.79. The average Bonchev–Trinajstić information content (AvgIpc) is 3.35. The van der Waals surface area contributed by atoms with Gasteiger partial charge >= 0.3 is 0 Å². The molecule has 4 rings (SSSR count). The summed E-state index contributed by atoms with van der Waals surface area (Å²) in [4.78, 5) is 28.7. The molecule has 2 aliphatic heterocycles. The quantitative estimate of drug-likeness (QED) is 0.782. The fourth-order valence-corrected chi connectivity index (χ4v) is 5.77. The molecule has 0 spiro atoms. The Labute approximate surface area is 141 Å². The smallest absolute Gasteiger partial charge is 0.254 e. The third-order valence-electron chi connectivity index (χ3n) is 5.17. The van der Waals surface area contributed by atoms with Gasteiger partial charge in [0.05, 0.1) is 23.6 Å². The molecule has 128 valence electrons. The number of hydrogen-bond acceptors (Lipinski definition) is 4. The Kier molecular flexibility index (Phi) is 3.63. The summed E-state index contributed by atoms with van der Waals surface area (Å²) in [5, 5.41) is 0. The van der Waals surface area contributed by atoms with Crippen LogP contribution in [0.3, 0.4) is 0 Å². The maximum Gasteiger partial charge on any atom is 0.254 e. The first-order valence-corrected chi connectivity index (χ1v) is 10.2. The second-order valence-corrected chi connectivity index (χ2v) is 9.04. The summed E-state index contributed by atoms with van der Waals surface area (Å²) in [6.45, 7) is 0.813. The highest BCUT2D eigenvalue weighted by Gasteiger charge is 2.51. The molecular weight excluding hydrogens is 328 g/mol. The molecule has 1 saturated carbocycles. The van der Waals surface area contributed by atoms with Crippen molar-refractivity contribution in [2.24, 2.45) is 5.92 Å². The SMILES string of the molecule is O=C(C1CC1)N1CCN(C(=O)c2ccccc2)[C@H]2CS(=O)(=O)C[C@H]21. The van der Waals surface area contributed by atoms with Gasteiger partial charge in [0, 0.05) is 24.6 Å². The largest absolute Gasteiger partial charge is 0.335 e. The molecule has 0 bridgehead atoms. The normalized spacial score (nSPS) is 28.5. The van der Waals surface area contributed by atoms with Crippen LogP contribution in [-0.2, 0) is 14.6 Å². The third kappa shape index (κ3) is 2.70. The minimum absolute atomic E-state index is 0.0330. The summed E-state index contributed by atoms with van der Waals surface area (Å²) in [5.74, 6) is -0.111. The van der Waals surface area contributed by atoms with Crippen molar-refractivity contribution >= 4 is 21.7 Å². The van der Waals surface area contributed by atoms with E-state index in [1.54, 1.807) is 34.1 Å². The lowest BCUT2D eigenvalue weighted by atomic mass is 10.0. The summed E-state index contributed by atoms with van der Waals surface area (Å²) < 4.78 is 24.4. The topological polar surface area (TPSA) is 74.8 Å². The van der Waals surface area contributed by atoms with Gasteiger partial charge in [-0.05, 0) is 25.0 Å². The van der Waals surface area contributed by atoms with Crippen LogP contribution in [-0.4, -0.2) is 66.7 Å². The van der Waals surface area contributed by atoms with Gasteiger partial charge in [-0.2, -0.15) is 0 Å². The Morgan fingerprint density at radius 2 is 1.50 bits per heavy atom. The predicted molar refractivity (Wildman–Crippen MR) is 88.1 cm³/mol. The van der Waals surface area contributed by atoms with Gasteiger partial charge in [0.2, 0.25) is 5.91 Å². The molecule has 2 amide bonds. The molecule has 1 aromatic rings. The molecule has 2 saturated heterocycles. The van der Waals surface area contributed by atoms with Crippen molar-refractivity contribution in [1.29, 1.82) is 0 Å². The van der Waals surface area contributed by atoms with Crippen molar-refractivity contribution in [2.45, 2.75) is 24.9 Å². The maximum absolute atomic E-state index is 12.8. The van der Waals surface area contributed by atoms with Crippen molar-refractivity contribution in [3.8, 4) is 0 Å². The van der Waals surface area contributed by atoms with Gasteiger partial charge in [0.1, 0.15) is 0 Å². The van der Waals surface area contributed by atoms with Crippen LogP contribution in [0.2, 0.25) is 0 Å². The van der Waals surface area contributed by atoms with Crippen molar-refractivity contribution in [3.05, 3.63) is 35.9 Å². The van der Waals surface area contributed by atoms with E-state index in [1.807, 2.05) is 6.07 Å². The van der Waals surface area contributed by atoms with Gasteiger partial charge in [-0.1, -0.05) is 18.2 Å². The van der Waals surface area contributed by atoms with E-state index in [0.29, 0.717) is 18.7 Å². The fraction of sp³-hybridized carbons (Fsp3) is 0.529. The van der Waals surface area contributed by atoms with E-state index in [0.717, 1.165) is 12.8 Å². The van der Waals surface area contributed by atoms with E-state index in [2.05, 4.69) is 0 Å². The highest BCUT2D eigenvalue weighted by atomic mass is 32.2. The first-order valence-electron chi connectivity index (χ1n) is 8.33. The van der Waals surface area contributed by atoms with E-state index in [-0.39, 0.29) is 29.2 Å². The summed E-state index contributed by atoms with van der Waals surface area (Å²) in [7, 11) is -3.24. The van der Waals surface area contributed by atoms with Gasteiger partial charge < -0.3 is 9.80 Å². The Bertz CT molecular complexity index is 773. The molecule has 1 aromatic carbocycles.